The zero-order valence-electron chi connectivity index (χ0n) is 20.9. The van der Waals surface area contributed by atoms with Crippen LogP contribution in [0.3, 0.4) is 0 Å². The summed E-state index contributed by atoms with van der Waals surface area (Å²) in [6.45, 7) is 19.2. The van der Waals surface area contributed by atoms with Crippen LogP contribution >= 0.6 is 0 Å². The maximum absolute atomic E-state index is 12.1. The van der Waals surface area contributed by atoms with E-state index in [4.69, 9.17) is 4.74 Å². The van der Waals surface area contributed by atoms with Gasteiger partial charge in [-0.15, -0.1) is 0 Å². The fourth-order valence-electron chi connectivity index (χ4n) is 3.30. The first-order valence-electron chi connectivity index (χ1n) is 11.9. The van der Waals surface area contributed by atoms with Crippen LogP contribution in [-0.2, 0) is 15.6 Å². The van der Waals surface area contributed by atoms with Gasteiger partial charge in [-0.25, -0.2) is 0 Å². The number of benzene rings is 1. The number of carbonyl (C=O) groups excluding carboxylic acids is 1. The van der Waals surface area contributed by atoms with Gasteiger partial charge < -0.3 is 15.8 Å². The Bertz CT molecular complexity index is 667. The van der Waals surface area contributed by atoms with Crippen LogP contribution in [0.5, 0.6) is 5.75 Å². The van der Waals surface area contributed by atoms with Crippen molar-refractivity contribution in [3.8, 4) is 5.75 Å². The number of unbranched alkanes of at least 4 members (excludes halogenated alkanes) is 1. The zero-order valence-corrected chi connectivity index (χ0v) is 20.9. The highest BCUT2D eigenvalue weighted by Crippen LogP contribution is 2.38. The summed E-state index contributed by atoms with van der Waals surface area (Å²) in [7, 11) is 0. The second-order valence-corrected chi connectivity index (χ2v) is 10.0. The van der Waals surface area contributed by atoms with E-state index in [9.17, 15) is 4.79 Å². The molecular weight excluding hydrogens is 372 g/mol. The van der Waals surface area contributed by atoms with Crippen molar-refractivity contribution in [2.45, 2.75) is 104 Å². The summed E-state index contributed by atoms with van der Waals surface area (Å²) >= 11 is 0. The monoisotopic (exact) mass is 419 g/mol. The third-order valence-corrected chi connectivity index (χ3v) is 7.05. The van der Waals surface area contributed by atoms with Crippen LogP contribution in [0.25, 0.3) is 0 Å². The minimum atomic E-state index is -0.170. The van der Waals surface area contributed by atoms with E-state index in [0.29, 0.717) is 19.1 Å². The molecule has 172 valence electrons. The van der Waals surface area contributed by atoms with Crippen molar-refractivity contribution < 1.29 is 15.3 Å². The highest BCUT2D eigenvalue weighted by Gasteiger charge is 2.26. The van der Waals surface area contributed by atoms with Gasteiger partial charge in [-0.1, -0.05) is 67.5 Å². The molecule has 2 atom stereocenters. The van der Waals surface area contributed by atoms with Crippen molar-refractivity contribution in [3.63, 3.8) is 0 Å². The van der Waals surface area contributed by atoms with Gasteiger partial charge in [0.25, 0.3) is 5.91 Å². The first kappa shape index (κ1) is 26.5. The van der Waals surface area contributed by atoms with E-state index in [1.165, 1.54) is 11.1 Å². The molecule has 0 aromatic heterocycles. The minimum absolute atomic E-state index is 0.0615. The van der Waals surface area contributed by atoms with Crippen LogP contribution in [0.15, 0.2) is 18.2 Å². The molecule has 1 rings (SSSR count). The largest absolute Gasteiger partial charge is 0.493 e. The Hall–Kier alpha value is -1.55. The van der Waals surface area contributed by atoms with Crippen LogP contribution in [0, 0.1) is 5.92 Å². The van der Waals surface area contributed by atoms with Crippen molar-refractivity contribution >= 4 is 5.91 Å². The minimum Gasteiger partial charge on any atom is -0.493 e. The molecule has 0 unspecified atom stereocenters. The molecule has 30 heavy (non-hydrogen) atoms. The summed E-state index contributed by atoms with van der Waals surface area (Å²) in [6, 6.07) is 6.56. The number of quaternary nitrogens is 1. The number of hydrogen-bond acceptors (Lipinski definition) is 2. The zero-order chi connectivity index (χ0) is 22.9. The molecule has 0 bridgehead atoms. The molecule has 1 amide bonds. The fraction of sp³-hybridized carbons (Fsp3) is 0.731. The van der Waals surface area contributed by atoms with Crippen LogP contribution < -0.4 is 15.8 Å². The second kappa shape index (κ2) is 11.7. The van der Waals surface area contributed by atoms with Crippen LogP contribution in [0.1, 0.15) is 98.6 Å². The number of amides is 1. The molecule has 4 heteroatoms. The molecule has 4 nitrogen and oxygen atoms in total. The van der Waals surface area contributed by atoms with Gasteiger partial charge in [-0.2, -0.15) is 0 Å². The van der Waals surface area contributed by atoms with Crippen molar-refractivity contribution in [2.24, 2.45) is 5.92 Å². The molecule has 0 saturated heterocycles. The third-order valence-electron chi connectivity index (χ3n) is 7.05. The molecule has 4 N–H and O–H groups in total. The fourth-order valence-corrected chi connectivity index (χ4v) is 3.30. The Morgan fingerprint density at radius 3 is 2.27 bits per heavy atom. The summed E-state index contributed by atoms with van der Waals surface area (Å²) in [6.07, 6.45) is 4.97. The summed E-state index contributed by atoms with van der Waals surface area (Å²) < 4.78 is 6.21. The van der Waals surface area contributed by atoms with E-state index >= 15 is 0 Å². The van der Waals surface area contributed by atoms with Gasteiger partial charge in [0.15, 0.2) is 6.04 Å². The lowest BCUT2D eigenvalue weighted by molar-refractivity contribution is -0.415. The van der Waals surface area contributed by atoms with Crippen molar-refractivity contribution in [1.29, 1.82) is 0 Å². The van der Waals surface area contributed by atoms with Crippen molar-refractivity contribution in [1.82, 2.24) is 5.32 Å². The first-order chi connectivity index (χ1) is 14.0. The smallest absolute Gasteiger partial charge is 0.278 e. The first-order valence-corrected chi connectivity index (χ1v) is 11.9. The Balaban J connectivity index is 2.66. The highest BCUT2D eigenvalue weighted by molar-refractivity contribution is 5.80. The van der Waals surface area contributed by atoms with E-state index in [0.717, 1.165) is 37.9 Å². The van der Waals surface area contributed by atoms with Gasteiger partial charge in [-0.05, 0) is 54.6 Å². The Labute approximate surface area is 185 Å². The van der Waals surface area contributed by atoms with Gasteiger partial charge in [0.05, 0.1) is 6.61 Å². The van der Waals surface area contributed by atoms with Gasteiger partial charge in [0.2, 0.25) is 0 Å². The molecule has 0 radical (unpaired) electrons. The highest BCUT2D eigenvalue weighted by atomic mass is 16.5. The van der Waals surface area contributed by atoms with E-state index in [-0.39, 0.29) is 22.8 Å². The lowest BCUT2D eigenvalue weighted by Gasteiger charge is -2.30. The second-order valence-electron chi connectivity index (χ2n) is 10.0. The SMILES string of the molecule is CC[C@@H](C)[C@H]([NH3+])C(=O)NCCCCOc1ccc(C(C)(C)CC)cc1C(C)(C)CC. The predicted octanol–water partition coefficient (Wildman–Crippen LogP) is 4.99. The van der Waals surface area contributed by atoms with Gasteiger partial charge in [0.1, 0.15) is 5.75 Å². The van der Waals surface area contributed by atoms with Crippen molar-refractivity contribution in [3.05, 3.63) is 29.3 Å². The molecule has 0 saturated carbocycles. The maximum Gasteiger partial charge on any atom is 0.278 e. The quantitative estimate of drug-likeness (QED) is 0.442. The number of nitrogens with one attached hydrogen (secondary N) is 1. The van der Waals surface area contributed by atoms with E-state index in [2.05, 4.69) is 84.6 Å². The third kappa shape index (κ3) is 7.30. The summed E-state index contributed by atoms with van der Waals surface area (Å²) in [4.78, 5) is 12.1. The van der Waals surface area contributed by atoms with Gasteiger partial charge in [0, 0.05) is 18.0 Å². The lowest BCUT2D eigenvalue weighted by Crippen LogP contribution is -2.70. The number of hydrogen-bond donors (Lipinski definition) is 2. The molecule has 1 aromatic rings. The Morgan fingerprint density at radius 2 is 1.70 bits per heavy atom. The molecule has 0 aliphatic carbocycles. The van der Waals surface area contributed by atoms with E-state index < -0.39 is 0 Å². The Kier molecular flexibility index (Phi) is 10.4. The molecule has 0 aliphatic heterocycles. The molecule has 0 spiro atoms. The average Bonchev–Trinajstić information content (AvgIpc) is 2.74. The Morgan fingerprint density at radius 1 is 1.07 bits per heavy atom. The van der Waals surface area contributed by atoms with E-state index in [1.807, 2.05) is 0 Å². The van der Waals surface area contributed by atoms with Crippen molar-refractivity contribution in [2.75, 3.05) is 13.2 Å². The van der Waals surface area contributed by atoms with Crippen LogP contribution in [0.2, 0.25) is 0 Å². The number of ether oxygens (including phenoxy) is 1. The summed E-state index contributed by atoms with van der Waals surface area (Å²) in [5.74, 6) is 1.37. The van der Waals surface area contributed by atoms with Gasteiger partial charge >= 0.3 is 0 Å². The molecule has 1 aromatic carbocycles. The standard InChI is InChI=1S/C26H46N2O2/c1-9-19(4)23(27)24(29)28-16-12-13-17-30-22-15-14-20(25(5,6)10-2)18-21(22)26(7,8)11-3/h14-15,18-19,23H,9-13,16-17,27H2,1-8H3,(H,28,29)/p+1/t19-,23+/m1/s1. The molecule has 0 aliphatic rings. The molecular formula is C26H47N2O2+. The normalized spacial score (nSPS) is 14.3. The number of carbonyl (C=O) groups is 1. The molecule has 0 fully saturated rings. The predicted molar refractivity (Wildman–Crippen MR) is 127 cm³/mol. The van der Waals surface area contributed by atoms with Crippen LogP contribution in [-0.4, -0.2) is 25.1 Å². The lowest BCUT2D eigenvalue weighted by atomic mass is 9.76. The van der Waals surface area contributed by atoms with E-state index in [1.54, 1.807) is 0 Å². The number of rotatable bonds is 13. The van der Waals surface area contributed by atoms with Crippen LogP contribution in [0.4, 0.5) is 0 Å². The summed E-state index contributed by atoms with van der Waals surface area (Å²) in [5.41, 5.74) is 6.91. The summed E-state index contributed by atoms with van der Waals surface area (Å²) in [5, 5.41) is 3.01. The maximum atomic E-state index is 12.1. The average molecular weight is 420 g/mol. The topological polar surface area (TPSA) is 66.0 Å². The van der Waals surface area contributed by atoms with Gasteiger partial charge in [-0.3, -0.25) is 4.79 Å². The molecule has 0 heterocycles.